The summed E-state index contributed by atoms with van der Waals surface area (Å²) in [6.45, 7) is 3.93. The molecule has 1 aliphatic heterocycles. The Kier molecular flexibility index (Phi) is 5.77. The molecule has 0 spiro atoms. The number of anilines is 1. The first-order valence-corrected chi connectivity index (χ1v) is 10.6. The lowest BCUT2D eigenvalue weighted by Gasteiger charge is -2.20. The number of fused-ring (bicyclic) bond motifs is 1. The van der Waals surface area contributed by atoms with E-state index in [1.165, 1.54) is 18.3 Å². The van der Waals surface area contributed by atoms with Gasteiger partial charge in [0, 0.05) is 6.42 Å². The maximum Gasteiger partial charge on any atom is 0.262 e. The van der Waals surface area contributed by atoms with Crippen molar-refractivity contribution in [3.63, 3.8) is 0 Å². The zero-order valence-corrected chi connectivity index (χ0v) is 17.8. The van der Waals surface area contributed by atoms with Crippen LogP contribution in [0.2, 0.25) is 0 Å². The van der Waals surface area contributed by atoms with E-state index in [0.717, 1.165) is 16.2 Å². The zero-order valence-electron chi connectivity index (χ0n) is 17.0. The molecule has 8 nitrogen and oxygen atoms in total. The lowest BCUT2D eigenvalue weighted by molar-refractivity contribution is -0.119. The summed E-state index contributed by atoms with van der Waals surface area (Å²) in [7, 11) is 0. The van der Waals surface area contributed by atoms with Crippen molar-refractivity contribution in [2.45, 2.75) is 26.3 Å². The largest absolute Gasteiger partial charge is 0.493 e. The fourth-order valence-electron chi connectivity index (χ4n) is 3.25. The third-order valence-electron chi connectivity index (χ3n) is 4.86. The second kappa shape index (κ2) is 8.65. The third-order valence-corrected chi connectivity index (χ3v) is 5.76. The summed E-state index contributed by atoms with van der Waals surface area (Å²) in [5, 5.41) is 11.7. The minimum Gasteiger partial charge on any atom is -0.493 e. The van der Waals surface area contributed by atoms with Crippen LogP contribution in [-0.2, 0) is 11.2 Å². The maximum atomic E-state index is 12.6. The second-order valence-corrected chi connectivity index (χ2v) is 8.17. The summed E-state index contributed by atoms with van der Waals surface area (Å²) < 4.78 is 5.71. The van der Waals surface area contributed by atoms with Gasteiger partial charge in [0.15, 0.2) is 0 Å². The van der Waals surface area contributed by atoms with Gasteiger partial charge in [-0.05, 0) is 43.7 Å². The van der Waals surface area contributed by atoms with Gasteiger partial charge in [-0.25, -0.2) is 0 Å². The SMILES string of the molecule is Cc1cccc(OCCc2nnc(NC(=O)C(C)N3C(=O)c4ccccc4C3=O)s2)c1. The molecule has 1 atom stereocenters. The highest BCUT2D eigenvalue weighted by atomic mass is 32.1. The lowest BCUT2D eigenvalue weighted by atomic mass is 10.1. The predicted molar refractivity (Wildman–Crippen MR) is 115 cm³/mol. The minimum absolute atomic E-state index is 0.305. The van der Waals surface area contributed by atoms with Crippen molar-refractivity contribution in [2.24, 2.45) is 0 Å². The average molecular weight is 436 g/mol. The van der Waals surface area contributed by atoms with E-state index >= 15 is 0 Å². The van der Waals surface area contributed by atoms with Gasteiger partial charge in [-0.1, -0.05) is 35.6 Å². The quantitative estimate of drug-likeness (QED) is 0.571. The number of nitrogens with zero attached hydrogens (tertiary/aromatic N) is 3. The number of aryl methyl sites for hydroxylation is 1. The Morgan fingerprint density at radius 3 is 2.48 bits per heavy atom. The van der Waals surface area contributed by atoms with E-state index < -0.39 is 23.8 Å². The summed E-state index contributed by atoms with van der Waals surface area (Å²) >= 11 is 1.23. The number of carbonyl (C=O) groups excluding carboxylic acids is 3. The lowest BCUT2D eigenvalue weighted by Crippen LogP contribution is -2.45. The van der Waals surface area contributed by atoms with Gasteiger partial charge in [-0.3, -0.25) is 24.6 Å². The topological polar surface area (TPSA) is 101 Å². The van der Waals surface area contributed by atoms with Gasteiger partial charge in [0.2, 0.25) is 11.0 Å². The fourth-order valence-corrected chi connectivity index (χ4v) is 3.98. The number of nitrogens with one attached hydrogen (secondary N) is 1. The van der Waals surface area contributed by atoms with E-state index in [0.29, 0.717) is 34.3 Å². The van der Waals surface area contributed by atoms with Crippen LogP contribution in [0.15, 0.2) is 48.5 Å². The Morgan fingerprint density at radius 2 is 1.81 bits per heavy atom. The van der Waals surface area contributed by atoms with Crippen LogP contribution in [0.1, 0.15) is 38.2 Å². The molecule has 0 bridgehead atoms. The van der Waals surface area contributed by atoms with Crippen LogP contribution in [0.25, 0.3) is 0 Å². The molecule has 3 aromatic rings. The van der Waals surface area contributed by atoms with E-state index in [1.807, 2.05) is 31.2 Å². The number of carbonyl (C=O) groups is 3. The van der Waals surface area contributed by atoms with Gasteiger partial charge in [0.05, 0.1) is 17.7 Å². The first kappa shape index (κ1) is 20.7. The van der Waals surface area contributed by atoms with Crippen molar-refractivity contribution >= 4 is 34.2 Å². The van der Waals surface area contributed by atoms with Crippen LogP contribution in [0.5, 0.6) is 5.75 Å². The molecule has 4 rings (SSSR count). The van der Waals surface area contributed by atoms with Gasteiger partial charge in [-0.2, -0.15) is 0 Å². The Balaban J connectivity index is 1.34. The smallest absolute Gasteiger partial charge is 0.262 e. The van der Waals surface area contributed by atoms with Gasteiger partial charge in [0.25, 0.3) is 11.8 Å². The molecule has 9 heteroatoms. The second-order valence-electron chi connectivity index (χ2n) is 7.11. The molecule has 2 aromatic carbocycles. The van der Waals surface area contributed by atoms with Crippen molar-refractivity contribution < 1.29 is 19.1 Å². The molecule has 0 saturated heterocycles. The number of imide groups is 1. The molecule has 31 heavy (non-hydrogen) atoms. The first-order valence-electron chi connectivity index (χ1n) is 9.73. The number of ether oxygens (including phenoxy) is 1. The van der Waals surface area contributed by atoms with Crippen LogP contribution in [0.3, 0.4) is 0 Å². The molecule has 0 aliphatic carbocycles. The third kappa shape index (κ3) is 4.31. The molecule has 1 N–H and O–H groups in total. The Hall–Kier alpha value is -3.59. The summed E-state index contributed by atoms with van der Waals surface area (Å²) in [6.07, 6.45) is 0.537. The van der Waals surface area contributed by atoms with Crippen LogP contribution in [0, 0.1) is 6.92 Å². The highest BCUT2D eigenvalue weighted by Gasteiger charge is 2.40. The number of hydrogen-bond donors (Lipinski definition) is 1. The Bertz CT molecular complexity index is 1120. The Labute approximate surface area is 182 Å². The zero-order chi connectivity index (χ0) is 22.0. The summed E-state index contributed by atoms with van der Waals surface area (Å²) in [5.74, 6) is -0.676. The number of rotatable bonds is 7. The van der Waals surface area contributed by atoms with Crippen LogP contribution < -0.4 is 10.1 Å². The monoisotopic (exact) mass is 436 g/mol. The summed E-state index contributed by atoms with van der Waals surface area (Å²) in [5.41, 5.74) is 1.73. The summed E-state index contributed by atoms with van der Waals surface area (Å²) in [4.78, 5) is 38.7. The van der Waals surface area contributed by atoms with Crippen molar-refractivity contribution in [2.75, 3.05) is 11.9 Å². The molecule has 1 aliphatic rings. The molecular weight excluding hydrogens is 416 g/mol. The highest BCUT2D eigenvalue weighted by Crippen LogP contribution is 2.25. The first-order chi connectivity index (χ1) is 14.9. The van der Waals surface area contributed by atoms with Crippen molar-refractivity contribution in [1.82, 2.24) is 15.1 Å². The van der Waals surface area contributed by atoms with E-state index in [-0.39, 0.29) is 0 Å². The Morgan fingerprint density at radius 1 is 1.10 bits per heavy atom. The van der Waals surface area contributed by atoms with Gasteiger partial charge in [0.1, 0.15) is 16.8 Å². The van der Waals surface area contributed by atoms with Crippen LogP contribution >= 0.6 is 11.3 Å². The standard InChI is InChI=1S/C22H20N4O4S/c1-13-6-5-7-15(12-13)30-11-10-18-24-25-22(31-18)23-19(27)14(2)26-20(28)16-8-3-4-9-17(16)21(26)29/h3-9,12,14H,10-11H2,1-2H3,(H,23,25,27). The minimum atomic E-state index is -0.982. The highest BCUT2D eigenvalue weighted by molar-refractivity contribution is 7.15. The molecule has 0 saturated carbocycles. The van der Waals surface area contributed by atoms with Gasteiger partial charge < -0.3 is 4.74 Å². The molecule has 1 aromatic heterocycles. The number of amides is 3. The number of aromatic nitrogens is 2. The molecule has 0 fully saturated rings. The van der Waals surface area contributed by atoms with E-state index in [9.17, 15) is 14.4 Å². The molecule has 0 radical (unpaired) electrons. The van der Waals surface area contributed by atoms with Gasteiger partial charge >= 0.3 is 0 Å². The number of benzene rings is 2. The van der Waals surface area contributed by atoms with E-state index in [2.05, 4.69) is 15.5 Å². The fraction of sp³-hybridized carbons (Fsp3) is 0.227. The molecule has 2 heterocycles. The van der Waals surface area contributed by atoms with Crippen LogP contribution in [0.4, 0.5) is 5.13 Å². The maximum absolute atomic E-state index is 12.6. The average Bonchev–Trinajstić information content (AvgIpc) is 3.30. The predicted octanol–water partition coefficient (Wildman–Crippen LogP) is 3.09. The molecule has 3 amide bonds. The van der Waals surface area contributed by atoms with Gasteiger partial charge in [-0.15, -0.1) is 10.2 Å². The van der Waals surface area contributed by atoms with Crippen molar-refractivity contribution in [3.8, 4) is 5.75 Å². The van der Waals surface area contributed by atoms with Crippen LogP contribution in [-0.4, -0.2) is 45.5 Å². The van der Waals surface area contributed by atoms with E-state index in [1.54, 1.807) is 24.3 Å². The van der Waals surface area contributed by atoms with Crippen molar-refractivity contribution in [1.29, 1.82) is 0 Å². The number of hydrogen-bond acceptors (Lipinski definition) is 7. The van der Waals surface area contributed by atoms with Crippen molar-refractivity contribution in [3.05, 3.63) is 70.2 Å². The molecule has 158 valence electrons. The summed E-state index contributed by atoms with van der Waals surface area (Å²) in [6, 6.07) is 13.3. The van der Waals surface area contributed by atoms with E-state index in [4.69, 9.17) is 4.74 Å². The molecular formula is C22H20N4O4S. The normalized spacial score (nSPS) is 13.8. The molecule has 1 unspecified atom stereocenters.